The fourth-order valence-corrected chi connectivity index (χ4v) is 3.34. The van der Waals surface area contributed by atoms with Gasteiger partial charge in [0.15, 0.2) is 4.77 Å². The molecule has 0 bridgehead atoms. The Morgan fingerprint density at radius 3 is 2.79 bits per heavy atom. The molecule has 128 valence electrons. The Morgan fingerprint density at radius 2 is 2.12 bits per heavy atom. The monoisotopic (exact) mass is 347 g/mol. The van der Waals surface area contributed by atoms with Gasteiger partial charge in [-0.1, -0.05) is 0 Å². The highest BCUT2D eigenvalue weighted by molar-refractivity contribution is 7.71. The first-order chi connectivity index (χ1) is 11.6. The number of methoxy groups -OCH3 is 2. The lowest BCUT2D eigenvalue weighted by molar-refractivity contribution is 0.395. The fraction of sp³-hybridized carbons (Fsp3) is 0.412. The predicted molar refractivity (Wildman–Crippen MR) is 95.5 cm³/mol. The second kappa shape index (κ2) is 7.19. The standard InChI is InChI=1S/C17H21N3O3S/c1-22-12-5-6-13(15(8-12)23-2)14-9-16(21)19-17(24)20(14)10-11-4-3-7-18-11/h5-6,8-9,11,18H,3-4,7,10H2,1-2H3,(H,19,21,24)/t11-/m1/s1. The van der Waals surface area contributed by atoms with Gasteiger partial charge in [0.1, 0.15) is 11.5 Å². The molecular formula is C17H21N3O3S. The number of ether oxygens (including phenoxy) is 2. The van der Waals surface area contributed by atoms with Crippen molar-refractivity contribution in [1.82, 2.24) is 14.9 Å². The van der Waals surface area contributed by atoms with Crippen molar-refractivity contribution in [3.05, 3.63) is 39.4 Å². The number of H-pyrrole nitrogens is 1. The molecule has 0 unspecified atom stereocenters. The molecule has 1 aliphatic rings. The quantitative estimate of drug-likeness (QED) is 0.813. The summed E-state index contributed by atoms with van der Waals surface area (Å²) in [7, 11) is 3.21. The smallest absolute Gasteiger partial charge is 0.252 e. The molecule has 2 heterocycles. The van der Waals surface area contributed by atoms with Gasteiger partial charge in [0.25, 0.3) is 5.56 Å². The first-order valence-corrected chi connectivity index (χ1v) is 8.33. The molecule has 1 aromatic heterocycles. The number of rotatable bonds is 5. The molecule has 6 nitrogen and oxygen atoms in total. The average Bonchev–Trinajstić information content (AvgIpc) is 3.09. The number of hydrogen-bond donors (Lipinski definition) is 2. The maximum atomic E-state index is 12.0. The molecule has 0 saturated carbocycles. The summed E-state index contributed by atoms with van der Waals surface area (Å²) in [6.07, 6.45) is 2.25. The van der Waals surface area contributed by atoms with E-state index in [0.29, 0.717) is 28.9 Å². The Labute approximate surface area is 145 Å². The highest BCUT2D eigenvalue weighted by Crippen LogP contribution is 2.33. The zero-order valence-electron chi connectivity index (χ0n) is 13.8. The minimum Gasteiger partial charge on any atom is -0.497 e. The molecule has 1 aromatic carbocycles. The first-order valence-electron chi connectivity index (χ1n) is 7.92. The fourth-order valence-electron chi connectivity index (χ4n) is 3.07. The third-order valence-corrected chi connectivity index (χ3v) is 4.61. The van der Waals surface area contributed by atoms with Crippen LogP contribution in [0.15, 0.2) is 29.1 Å². The number of aromatic nitrogens is 2. The van der Waals surface area contributed by atoms with Crippen LogP contribution in [-0.4, -0.2) is 36.4 Å². The van der Waals surface area contributed by atoms with Crippen molar-refractivity contribution in [2.45, 2.75) is 25.4 Å². The third-order valence-electron chi connectivity index (χ3n) is 4.28. The van der Waals surface area contributed by atoms with Crippen molar-refractivity contribution in [2.75, 3.05) is 20.8 Å². The maximum Gasteiger partial charge on any atom is 0.252 e. The Hall–Kier alpha value is -2.12. The molecule has 1 saturated heterocycles. The summed E-state index contributed by atoms with van der Waals surface area (Å²) in [5.74, 6) is 1.34. The van der Waals surface area contributed by atoms with Gasteiger partial charge in [-0.15, -0.1) is 0 Å². The molecule has 2 aromatic rings. The van der Waals surface area contributed by atoms with Crippen LogP contribution in [0.25, 0.3) is 11.3 Å². The van der Waals surface area contributed by atoms with E-state index in [1.165, 1.54) is 0 Å². The minimum atomic E-state index is -0.219. The number of benzene rings is 1. The first kappa shape index (κ1) is 16.7. The minimum absolute atomic E-state index is 0.219. The number of aromatic amines is 1. The van der Waals surface area contributed by atoms with Crippen LogP contribution < -0.4 is 20.3 Å². The van der Waals surface area contributed by atoms with Crippen LogP contribution in [0, 0.1) is 4.77 Å². The van der Waals surface area contributed by atoms with Crippen LogP contribution in [-0.2, 0) is 6.54 Å². The molecular weight excluding hydrogens is 326 g/mol. The van der Waals surface area contributed by atoms with Crippen molar-refractivity contribution in [1.29, 1.82) is 0 Å². The lowest BCUT2D eigenvalue weighted by atomic mass is 10.1. The van der Waals surface area contributed by atoms with Gasteiger partial charge in [0.05, 0.1) is 19.9 Å². The summed E-state index contributed by atoms with van der Waals surface area (Å²) in [6.45, 7) is 1.72. The largest absolute Gasteiger partial charge is 0.497 e. The molecule has 0 amide bonds. The van der Waals surface area contributed by atoms with Crippen molar-refractivity contribution in [2.24, 2.45) is 0 Å². The Bertz CT molecular complexity index is 838. The zero-order chi connectivity index (χ0) is 17.1. The average molecular weight is 347 g/mol. The summed E-state index contributed by atoms with van der Waals surface area (Å²) in [5.41, 5.74) is 1.34. The van der Waals surface area contributed by atoms with E-state index in [4.69, 9.17) is 21.7 Å². The molecule has 0 aliphatic carbocycles. The van der Waals surface area contributed by atoms with Crippen LogP contribution in [0.4, 0.5) is 0 Å². The third kappa shape index (κ3) is 3.37. The van der Waals surface area contributed by atoms with Gasteiger partial charge in [-0.3, -0.25) is 9.78 Å². The van der Waals surface area contributed by atoms with E-state index in [1.54, 1.807) is 26.4 Å². The normalized spacial score (nSPS) is 17.0. The molecule has 1 fully saturated rings. The van der Waals surface area contributed by atoms with Crippen molar-refractivity contribution in [3.63, 3.8) is 0 Å². The molecule has 24 heavy (non-hydrogen) atoms. The van der Waals surface area contributed by atoms with Crippen molar-refractivity contribution >= 4 is 12.2 Å². The Balaban J connectivity index is 2.12. The SMILES string of the molecule is COc1ccc(-c2cc(=O)[nH]c(=S)n2C[C@H]2CCCN2)c(OC)c1. The van der Waals surface area contributed by atoms with Crippen LogP contribution in [0.2, 0.25) is 0 Å². The van der Waals surface area contributed by atoms with E-state index in [9.17, 15) is 4.79 Å². The summed E-state index contributed by atoms with van der Waals surface area (Å²) in [5, 5.41) is 3.46. The molecule has 2 N–H and O–H groups in total. The molecule has 1 aliphatic heterocycles. The molecule has 0 spiro atoms. The predicted octanol–water partition coefficient (Wildman–Crippen LogP) is 2.34. The number of nitrogens with one attached hydrogen (secondary N) is 2. The molecule has 1 atom stereocenters. The van der Waals surface area contributed by atoms with Crippen molar-refractivity contribution in [3.8, 4) is 22.8 Å². The van der Waals surface area contributed by atoms with Gasteiger partial charge in [-0.2, -0.15) is 0 Å². The summed E-state index contributed by atoms with van der Waals surface area (Å²) >= 11 is 5.40. The van der Waals surface area contributed by atoms with E-state index in [0.717, 1.165) is 30.6 Å². The second-order valence-corrected chi connectivity index (χ2v) is 6.18. The maximum absolute atomic E-state index is 12.0. The van der Waals surface area contributed by atoms with Gasteiger partial charge < -0.3 is 19.4 Å². The van der Waals surface area contributed by atoms with Crippen molar-refractivity contribution < 1.29 is 9.47 Å². The summed E-state index contributed by atoms with van der Waals surface area (Å²) < 4.78 is 13.1. The van der Waals surface area contributed by atoms with Crippen LogP contribution in [0.1, 0.15) is 12.8 Å². The molecule has 7 heteroatoms. The lowest BCUT2D eigenvalue weighted by Crippen LogP contribution is -2.29. The number of hydrogen-bond acceptors (Lipinski definition) is 5. The van der Waals surface area contributed by atoms with Crippen LogP contribution >= 0.6 is 12.2 Å². The highest BCUT2D eigenvalue weighted by Gasteiger charge is 2.18. The van der Waals surface area contributed by atoms with Crippen LogP contribution in [0.5, 0.6) is 11.5 Å². The van der Waals surface area contributed by atoms with Gasteiger partial charge in [0.2, 0.25) is 0 Å². The highest BCUT2D eigenvalue weighted by atomic mass is 32.1. The Morgan fingerprint density at radius 1 is 1.29 bits per heavy atom. The van der Waals surface area contributed by atoms with E-state index in [2.05, 4.69) is 10.3 Å². The van der Waals surface area contributed by atoms with E-state index in [-0.39, 0.29) is 5.56 Å². The van der Waals surface area contributed by atoms with Gasteiger partial charge in [0, 0.05) is 30.3 Å². The molecule has 3 rings (SSSR count). The topological polar surface area (TPSA) is 68.3 Å². The van der Waals surface area contributed by atoms with Gasteiger partial charge in [-0.25, -0.2) is 0 Å². The summed E-state index contributed by atoms with van der Waals surface area (Å²) in [4.78, 5) is 14.7. The van der Waals surface area contributed by atoms with Crippen LogP contribution in [0.3, 0.4) is 0 Å². The Kier molecular flexibility index (Phi) is 5.01. The van der Waals surface area contributed by atoms with Gasteiger partial charge in [-0.05, 0) is 43.7 Å². The lowest BCUT2D eigenvalue weighted by Gasteiger charge is -2.19. The van der Waals surface area contributed by atoms with E-state index in [1.807, 2.05) is 16.7 Å². The number of nitrogens with zero attached hydrogens (tertiary/aromatic N) is 1. The molecule has 0 radical (unpaired) electrons. The van der Waals surface area contributed by atoms with Gasteiger partial charge >= 0.3 is 0 Å². The zero-order valence-corrected chi connectivity index (χ0v) is 14.6. The van der Waals surface area contributed by atoms with E-state index >= 15 is 0 Å². The second-order valence-electron chi connectivity index (χ2n) is 5.79. The summed E-state index contributed by atoms with van der Waals surface area (Å²) in [6, 6.07) is 7.46. The van der Waals surface area contributed by atoms with E-state index < -0.39 is 0 Å².